The number of aliphatic imine (C=N–C) groups is 1. The monoisotopic (exact) mass is 506 g/mol. The molecule has 3 rings (SSSR count). The van der Waals surface area contributed by atoms with E-state index >= 15 is 0 Å². The summed E-state index contributed by atoms with van der Waals surface area (Å²) in [6.07, 6.45) is 7.45. The number of unbranched alkanes of at least 4 members (excludes halogenated alkanes) is 1. The number of ether oxygens (including phenoxy) is 1. The van der Waals surface area contributed by atoms with Crippen molar-refractivity contribution >= 4 is 23.5 Å². The number of rotatable bonds is 13. The second-order valence-corrected chi connectivity index (χ2v) is 10.4. The van der Waals surface area contributed by atoms with E-state index in [-0.39, 0.29) is 17.9 Å². The molecule has 1 aliphatic heterocycles. The van der Waals surface area contributed by atoms with Gasteiger partial charge in [0.15, 0.2) is 5.78 Å². The first-order valence-electron chi connectivity index (χ1n) is 13.4. The molecular weight excluding hydrogens is 464 g/mol. The summed E-state index contributed by atoms with van der Waals surface area (Å²) in [4.78, 5) is 20.3. The SMILES string of the molecule is C=C(/N=C(\S)C1CCN(CC(CC)CCCC)CC1)C(=O)Cc1cc(OC)ccc1-c1ccccc1. The van der Waals surface area contributed by atoms with E-state index in [4.69, 9.17) is 17.4 Å². The number of piperidine rings is 1. The second kappa shape index (κ2) is 14.4. The summed E-state index contributed by atoms with van der Waals surface area (Å²) in [7, 11) is 1.64. The van der Waals surface area contributed by atoms with Gasteiger partial charge in [-0.25, -0.2) is 4.99 Å². The molecule has 194 valence electrons. The minimum atomic E-state index is -0.0915. The highest BCUT2D eigenvalue weighted by Gasteiger charge is 2.24. The van der Waals surface area contributed by atoms with E-state index in [2.05, 4.69) is 30.3 Å². The summed E-state index contributed by atoms with van der Waals surface area (Å²) in [6.45, 7) is 11.9. The molecule has 0 N–H and O–H groups in total. The Bertz CT molecular complexity index is 1030. The van der Waals surface area contributed by atoms with Crippen molar-refractivity contribution in [2.45, 2.75) is 58.8 Å². The van der Waals surface area contributed by atoms with Crippen molar-refractivity contribution in [2.75, 3.05) is 26.7 Å². The quantitative estimate of drug-likeness (QED) is 0.135. The maximum Gasteiger partial charge on any atom is 0.184 e. The van der Waals surface area contributed by atoms with Crippen LogP contribution in [0.15, 0.2) is 65.8 Å². The van der Waals surface area contributed by atoms with E-state index in [1.165, 1.54) is 32.2 Å². The molecule has 1 aliphatic rings. The number of Topliss-reactive ketones (excluding diaryl/α,β-unsaturated/α-hetero) is 1. The molecule has 36 heavy (non-hydrogen) atoms. The maximum atomic E-state index is 13.1. The molecule has 0 aromatic heterocycles. The minimum absolute atomic E-state index is 0.0915. The first-order valence-corrected chi connectivity index (χ1v) is 13.8. The van der Waals surface area contributed by atoms with E-state index in [1.807, 2.05) is 48.5 Å². The van der Waals surface area contributed by atoms with Gasteiger partial charge in [0.05, 0.1) is 12.2 Å². The molecular formula is C31H42N2O2S. The molecule has 1 atom stereocenters. The van der Waals surface area contributed by atoms with Crippen molar-refractivity contribution in [1.29, 1.82) is 0 Å². The van der Waals surface area contributed by atoms with Crippen LogP contribution in [0.25, 0.3) is 11.1 Å². The lowest BCUT2D eigenvalue weighted by molar-refractivity contribution is -0.114. The number of carbonyl (C=O) groups is 1. The topological polar surface area (TPSA) is 41.9 Å². The summed E-state index contributed by atoms with van der Waals surface area (Å²) in [6, 6.07) is 15.9. The van der Waals surface area contributed by atoms with Crippen molar-refractivity contribution in [3.8, 4) is 16.9 Å². The van der Waals surface area contributed by atoms with Gasteiger partial charge in [-0.3, -0.25) is 4.79 Å². The molecule has 1 heterocycles. The number of likely N-dealkylation sites (tertiary alicyclic amines) is 1. The molecule has 0 bridgehead atoms. The van der Waals surface area contributed by atoms with E-state index < -0.39 is 0 Å². The number of thiol groups is 1. The Morgan fingerprint density at radius 1 is 1.17 bits per heavy atom. The van der Waals surface area contributed by atoms with Gasteiger partial charge in [0.25, 0.3) is 0 Å². The number of carbonyl (C=O) groups excluding carboxylic acids is 1. The number of ketones is 1. The predicted molar refractivity (Wildman–Crippen MR) is 155 cm³/mol. The van der Waals surface area contributed by atoms with Gasteiger partial charge in [-0.1, -0.05) is 76.1 Å². The Balaban J connectivity index is 1.60. The fourth-order valence-electron chi connectivity index (χ4n) is 4.97. The first kappa shape index (κ1) is 28.2. The number of methoxy groups -OCH3 is 1. The highest BCUT2D eigenvalue weighted by Crippen LogP contribution is 2.29. The number of hydrogen-bond acceptors (Lipinski definition) is 4. The lowest BCUT2D eigenvalue weighted by atomic mass is 9.94. The fraction of sp³-hybridized carbons (Fsp3) is 0.484. The third-order valence-electron chi connectivity index (χ3n) is 7.33. The van der Waals surface area contributed by atoms with E-state index in [0.717, 1.165) is 59.3 Å². The van der Waals surface area contributed by atoms with Gasteiger partial charge in [-0.05, 0) is 67.1 Å². The van der Waals surface area contributed by atoms with Crippen LogP contribution in [0.4, 0.5) is 0 Å². The standard InChI is InChI=1S/C31H42N2O2S/c1-5-7-11-24(6-2)22-33-18-16-26(17-19-33)31(36)32-23(3)30(34)21-27-20-28(35-4)14-15-29(27)25-12-9-8-10-13-25/h8-10,12-15,20,24,26H,3,5-7,11,16-19,21-22H2,1-2,4H3,(H,32,36). The normalized spacial score (nSPS) is 16.1. The largest absolute Gasteiger partial charge is 0.497 e. The van der Waals surface area contributed by atoms with Crippen LogP contribution in [0.3, 0.4) is 0 Å². The zero-order chi connectivity index (χ0) is 25.9. The van der Waals surface area contributed by atoms with Crippen molar-refractivity contribution in [3.05, 3.63) is 66.4 Å². The van der Waals surface area contributed by atoms with Crippen LogP contribution >= 0.6 is 12.6 Å². The maximum absolute atomic E-state index is 13.1. The van der Waals surface area contributed by atoms with Gasteiger partial charge in [0, 0.05) is 18.9 Å². The summed E-state index contributed by atoms with van der Waals surface area (Å²) in [5, 5.41) is 0.736. The average Bonchev–Trinajstić information content (AvgIpc) is 2.91. The lowest BCUT2D eigenvalue weighted by Gasteiger charge is -2.34. The van der Waals surface area contributed by atoms with Gasteiger partial charge >= 0.3 is 0 Å². The Morgan fingerprint density at radius 3 is 2.53 bits per heavy atom. The molecule has 0 spiro atoms. The molecule has 0 radical (unpaired) electrons. The molecule has 0 saturated carbocycles. The van der Waals surface area contributed by atoms with Crippen LogP contribution in [-0.2, 0) is 11.2 Å². The van der Waals surface area contributed by atoms with Gasteiger partial charge in [-0.2, -0.15) is 0 Å². The highest BCUT2D eigenvalue weighted by atomic mass is 32.1. The number of hydrogen-bond donors (Lipinski definition) is 1. The van der Waals surface area contributed by atoms with Crippen molar-refractivity contribution < 1.29 is 9.53 Å². The average molecular weight is 507 g/mol. The van der Waals surface area contributed by atoms with Gasteiger partial charge < -0.3 is 9.64 Å². The predicted octanol–water partition coefficient (Wildman–Crippen LogP) is 7.24. The molecule has 0 amide bonds. The zero-order valence-corrected chi connectivity index (χ0v) is 23.1. The molecule has 5 heteroatoms. The molecule has 4 nitrogen and oxygen atoms in total. The number of benzene rings is 2. The molecule has 2 aromatic carbocycles. The summed E-state index contributed by atoms with van der Waals surface area (Å²) in [5.74, 6) is 1.72. The summed E-state index contributed by atoms with van der Waals surface area (Å²) < 4.78 is 5.41. The highest BCUT2D eigenvalue weighted by molar-refractivity contribution is 7.97. The molecule has 1 unspecified atom stereocenters. The van der Waals surface area contributed by atoms with Crippen LogP contribution in [0.5, 0.6) is 5.75 Å². The van der Waals surface area contributed by atoms with Crippen LogP contribution in [0.1, 0.15) is 57.9 Å². The Labute approximate surface area is 223 Å². The first-order chi connectivity index (χ1) is 17.4. The van der Waals surface area contributed by atoms with Crippen LogP contribution in [0, 0.1) is 11.8 Å². The lowest BCUT2D eigenvalue weighted by Crippen LogP contribution is -2.38. The number of nitrogens with zero attached hydrogens (tertiary/aromatic N) is 2. The molecule has 1 fully saturated rings. The minimum Gasteiger partial charge on any atom is -0.497 e. The zero-order valence-electron chi connectivity index (χ0n) is 22.2. The molecule has 1 saturated heterocycles. The van der Waals surface area contributed by atoms with Crippen molar-refractivity contribution in [1.82, 2.24) is 4.90 Å². The molecule has 0 aliphatic carbocycles. The third kappa shape index (κ3) is 8.07. The van der Waals surface area contributed by atoms with E-state index in [0.29, 0.717) is 5.92 Å². The smallest absolute Gasteiger partial charge is 0.184 e. The van der Waals surface area contributed by atoms with Gasteiger partial charge in [0.1, 0.15) is 11.4 Å². The summed E-state index contributed by atoms with van der Waals surface area (Å²) in [5.41, 5.74) is 3.27. The molecule has 2 aromatic rings. The van der Waals surface area contributed by atoms with Crippen LogP contribution in [0.2, 0.25) is 0 Å². The van der Waals surface area contributed by atoms with Crippen molar-refractivity contribution in [2.24, 2.45) is 16.8 Å². The number of allylic oxidation sites excluding steroid dienone is 1. The fourth-order valence-corrected chi connectivity index (χ4v) is 5.34. The second-order valence-electron chi connectivity index (χ2n) is 9.90. The Hall–Kier alpha value is -2.37. The third-order valence-corrected chi connectivity index (χ3v) is 7.80. The van der Waals surface area contributed by atoms with Gasteiger partial charge in [-0.15, -0.1) is 12.6 Å². The van der Waals surface area contributed by atoms with Crippen molar-refractivity contribution in [3.63, 3.8) is 0 Å². The van der Waals surface area contributed by atoms with E-state index in [9.17, 15) is 4.79 Å². The van der Waals surface area contributed by atoms with E-state index in [1.54, 1.807) is 7.11 Å². The summed E-state index contributed by atoms with van der Waals surface area (Å²) >= 11 is 4.70. The van der Waals surface area contributed by atoms with Crippen LogP contribution in [-0.4, -0.2) is 42.5 Å². The Morgan fingerprint density at radius 2 is 1.89 bits per heavy atom. The van der Waals surface area contributed by atoms with Gasteiger partial charge in [0.2, 0.25) is 0 Å². The Kier molecular flexibility index (Phi) is 11.3. The van der Waals surface area contributed by atoms with Crippen LogP contribution < -0.4 is 4.74 Å².